The summed E-state index contributed by atoms with van der Waals surface area (Å²) < 4.78 is 0. The summed E-state index contributed by atoms with van der Waals surface area (Å²) in [5.41, 5.74) is 0. The molecule has 0 N–H and O–H groups in total. The largest absolute Gasteiger partial charge is 0.297 e. The monoisotopic (exact) mass is 241 g/mol. The van der Waals surface area contributed by atoms with Crippen LogP contribution in [0.15, 0.2) is 12.2 Å². The van der Waals surface area contributed by atoms with Crippen molar-refractivity contribution in [2.75, 3.05) is 6.54 Å². The minimum atomic E-state index is 0.712. The van der Waals surface area contributed by atoms with Crippen molar-refractivity contribution < 1.29 is 0 Å². The third-order valence-electron chi connectivity index (χ3n) is 4.51. The molecular weight excluding hydrogens is 218 g/mol. The molecule has 0 radical (unpaired) electrons. The van der Waals surface area contributed by atoms with Gasteiger partial charge in [0, 0.05) is 18.5 Å². The first-order valence-electron chi connectivity index (χ1n) is 7.17. The van der Waals surface area contributed by atoms with Gasteiger partial charge in [0.1, 0.15) is 0 Å². The van der Waals surface area contributed by atoms with Crippen LogP contribution in [0.25, 0.3) is 0 Å². The quantitative estimate of drug-likeness (QED) is 0.683. The van der Waals surface area contributed by atoms with Gasteiger partial charge in [0.05, 0.1) is 0 Å². The van der Waals surface area contributed by atoms with Gasteiger partial charge in [-0.1, -0.05) is 12.0 Å². The van der Waals surface area contributed by atoms with Gasteiger partial charge in [-0.05, 0) is 57.1 Å². The SMILES string of the molecule is C#C/C=C\C[C@@H]1CC[C@@H](CCC#C)[C@@H]2CCCN12. The fourth-order valence-electron chi connectivity index (χ4n) is 3.69. The lowest BCUT2D eigenvalue weighted by molar-refractivity contribution is 0.0719. The number of rotatable bonds is 4. The molecule has 2 fully saturated rings. The lowest BCUT2D eigenvalue weighted by Crippen LogP contribution is -2.47. The summed E-state index contributed by atoms with van der Waals surface area (Å²) in [4.78, 5) is 2.73. The average molecular weight is 241 g/mol. The Bertz CT molecular complexity index is 368. The zero-order valence-corrected chi connectivity index (χ0v) is 11.1. The van der Waals surface area contributed by atoms with Gasteiger partial charge in [-0.15, -0.1) is 18.8 Å². The van der Waals surface area contributed by atoms with Crippen molar-refractivity contribution in [3.05, 3.63) is 12.2 Å². The van der Waals surface area contributed by atoms with Crippen LogP contribution < -0.4 is 0 Å². The Morgan fingerprint density at radius 2 is 2.11 bits per heavy atom. The first-order valence-corrected chi connectivity index (χ1v) is 7.17. The molecule has 1 heteroatoms. The van der Waals surface area contributed by atoms with Crippen molar-refractivity contribution in [2.45, 2.75) is 57.0 Å². The second-order valence-electron chi connectivity index (χ2n) is 5.49. The predicted octanol–water partition coefficient (Wildman–Crippen LogP) is 3.22. The molecule has 0 unspecified atom stereocenters. The maximum Gasteiger partial charge on any atom is 0.0133 e. The molecule has 2 heterocycles. The normalized spacial score (nSPS) is 32.0. The Morgan fingerprint density at radius 3 is 2.89 bits per heavy atom. The van der Waals surface area contributed by atoms with Crippen molar-refractivity contribution >= 4 is 0 Å². The van der Waals surface area contributed by atoms with Crippen LogP contribution in [0.4, 0.5) is 0 Å². The number of allylic oxidation sites excluding steroid dienone is 1. The Balaban J connectivity index is 1.93. The Labute approximate surface area is 112 Å². The number of hydrogen-bond acceptors (Lipinski definition) is 1. The standard InChI is InChI=1S/C17H23N/c1-3-5-7-10-16-13-12-15(9-6-4-2)17-11-8-14-18(16)17/h1-2,5,7,15-17H,6,8-14H2/b7-5-/t15-,16-,17+/m1/s1. The van der Waals surface area contributed by atoms with Gasteiger partial charge >= 0.3 is 0 Å². The molecule has 0 spiro atoms. The molecular formula is C17H23N. The van der Waals surface area contributed by atoms with Gasteiger partial charge in [0.15, 0.2) is 0 Å². The fraction of sp³-hybridized carbons (Fsp3) is 0.647. The number of terminal acetylenes is 2. The predicted molar refractivity (Wildman–Crippen MR) is 76.9 cm³/mol. The molecule has 2 aliphatic rings. The molecule has 2 saturated heterocycles. The Hall–Kier alpha value is -1.18. The third kappa shape index (κ3) is 2.98. The van der Waals surface area contributed by atoms with E-state index in [2.05, 4.69) is 22.8 Å². The molecule has 2 aliphatic heterocycles. The smallest absolute Gasteiger partial charge is 0.0133 e. The highest BCUT2D eigenvalue weighted by Crippen LogP contribution is 2.38. The topological polar surface area (TPSA) is 3.24 Å². The van der Waals surface area contributed by atoms with Gasteiger partial charge < -0.3 is 0 Å². The Morgan fingerprint density at radius 1 is 1.22 bits per heavy atom. The van der Waals surface area contributed by atoms with E-state index in [9.17, 15) is 0 Å². The van der Waals surface area contributed by atoms with E-state index < -0.39 is 0 Å². The maximum absolute atomic E-state index is 5.40. The highest BCUT2D eigenvalue weighted by atomic mass is 15.2. The maximum atomic E-state index is 5.40. The van der Waals surface area contributed by atoms with E-state index in [1.54, 1.807) is 0 Å². The summed E-state index contributed by atoms with van der Waals surface area (Å²) in [5.74, 6) is 6.21. The highest BCUT2D eigenvalue weighted by molar-refractivity contribution is 5.10. The summed E-state index contributed by atoms with van der Waals surface area (Å²) in [6.07, 6.45) is 23.3. The van der Waals surface area contributed by atoms with Gasteiger partial charge in [-0.3, -0.25) is 4.90 Å². The van der Waals surface area contributed by atoms with Crippen molar-refractivity contribution in [3.8, 4) is 24.7 Å². The minimum absolute atomic E-state index is 0.712. The number of hydrogen-bond donors (Lipinski definition) is 0. The van der Waals surface area contributed by atoms with Crippen molar-refractivity contribution in [1.82, 2.24) is 4.90 Å². The molecule has 18 heavy (non-hydrogen) atoms. The average Bonchev–Trinajstić information content (AvgIpc) is 2.87. The van der Waals surface area contributed by atoms with E-state index >= 15 is 0 Å². The van der Waals surface area contributed by atoms with E-state index in [1.807, 2.05) is 6.08 Å². The summed E-state index contributed by atoms with van der Waals surface area (Å²) in [6.45, 7) is 1.27. The van der Waals surface area contributed by atoms with Crippen LogP contribution in [-0.4, -0.2) is 23.5 Å². The molecule has 0 aromatic rings. The molecule has 3 atom stereocenters. The summed E-state index contributed by atoms with van der Waals surface area (Å²) >= 11 is 0. The van der Waals surface area contributed by atoms with Gasteiger partial charge in [-0.2, -0.15) is 0 Å². The molecule has 0 saturated carbocycles. The first kappa shape index (κ1) is 13.3. The highest BCUT2D eigenvalue weighted by Gasteiger charge is 2.38. The molecule has 0 bridgehead atoms. The van der Waals surface area contributed by atoms with Crippen molar-refractivity contribution in [1.29, 1.82) is 0 Å². The second kappa shape index (κ2) is 6.67. The first-order chi connectivity index (χ1) is 8.86. The lowest BCUT2D eigenvalue weighted by Gasteiger charge is -2.42. The number of fused-ring (bicyclic) bond motifs is 1. The molecule has 0 aliphatic carbocycles. The van der Waals surface area contributed by atoms with Gasteiger partial charge in [0.25, 0.3) is 0 Å². The van der Waals surface area contributed by atoms with E-state index in [0.29, 0.717) is 6.04 Å². The van der Waals surface area contributed by atoms with Crippen LogP contribution in [0.5, 0.6) is 0 Å². The number of piperidine rings is 1. The van der Waals surface area contributed by atoms with Crippen molar-refractivity contribution in [2.24, 2.45) is 5.92 Å². The van der Waals surface area contributed by atoms with Gasteiger partial charge in [0.2, 0.25) is 0 Å². The van der Waals surface area contributed by atoms with Crippen LogP contribution in [-0.2, 0) is 0 Å². The molecule has 0 amide bonds. The third-order valence-corrected chi connectivity index (χ3v) is 4.51. The second-order valence-corrected chi connectivity index (χ2v) is 5.49. The van der Waals surface area contributed by atoms with Crippen molar-refractivity contribution in [3.63, 3.8) is 0 Å². The van der Waals surface area contributed by atoms with Crippen LogP contribution in [0.3, 0.4) is 0 Å². The van der Waals surface area contributed by atoms with E-state index in [4.69, 9.17) is 12.8 Å². The van der Waals surface area contributed by atoms with Crippen LogP contribution >= 0.6 is 0 Å². The Kier molecular flexibility index (Phi) is 4.91. The van der Waals surface area contributed by atoms with E-state index in [0.717, 1.165) is 24.8 Å². The summed E-state index contributed by atoms with van der Waals surface area (Å²) in [6, 6.07) is 1.50. The number of nitrogens with zero attached hydrogens (tertiary/aromatic N) is 1. The summed E-state index contributed by atoms with van der Waals surface area (Å²) in [5, 5.41) is 0. The minimum Gasteiger partial charge on any atom is -0.297 e. The van der Waals surface area contributed by atoms with Crippen LogP contribution in [0, 0.1) is 30.6 Å². The molecule has 2 rings (SSSR count). The molecule has 0 aromatic heterocycles. The van der Waals surface area contributed by atoms with Crippen LogP contribution in [0.2, 0.25) is 0 Å². The zero-order valence-electron chi connectivity index (χ0n) is 11.1. The molecule has 96 valence electrons. The van der Waals surface area contributed by atoms with Crippen LogP contribution in [0.1, 0.15) is 44.9 Å². The molecule has 1 nitrogen and oxygen atoms in total. The molecule has 0 aromatic carbocycles. The van der Waals surface area contributed by atoms with Gasteiger partial charge in [-0.25, -0.2) is 0 Å². The zero-order chi connectivity index (χ0) is 12.8. The van der Waals surface area contributed by atoms with E-state index in [1.165, 1.54) is 38.6 Å². The van der Waals surface area contributed by atoms with E-state index in [-0.39, 0.29) is 0 Å². The fourth-order valence-corrected chi connectivity index (χ4v) is 3.69. The summed E-state index contributed by atoms with van der Waals surface area (Å²) in [7, 11) is 0. The lowest BCUT2D eigenvalue weighted by atomic mass is 9.82.